The summed E-state index contributed by atoms with van der Waals surface area (Å²) in [6.45, 7) is 2.35. The Bertz CT molecular complexity index is 968. The zero-order valence-corrected chi connectivity index (χ0v) is 16.2. The van der Waals surface area contributed by atoms with Crippen LogP contribution in [0.5, 0.6) is 0 Å². The molecule has 1 aromatic heterocycles. The topological polar surface area (TPSA) is 111 Å². The van der Waals surface area contributed by atoms with Crippen molar-refractivity contribution in [3.05, 3.63) is 39.9 Å². The Balaban J connectivity index is 1.94. The fraction of sp³-hybridized carbons (Fsp3) is 0.500. The van der Waals surface area contributed by atoms with E-state index in [9.17, 15) is 14.4 Å². The van der Waals surface area contributed by atoms with Crippen LogP contribution >= 0.6 is 0 Å². The first-order valence-corrected chi connectivity index (χ1v) is 9.40. The van der Waals surface area contributed by atoms with Crippen molar-refractivity contribution in [3.8, 4) is 0 Å². The number of nitrogens with one attached hydrogen (secondary N) is 1. The van der Waals surface area contributed by atoms with E-state index >= 15 is 0 Å². The van der Waals surface area contributed by atoms with Gasteiger partial charge in [0.1, 0.15) is 5.82 Å². The Hall–Kier alpha value is -2.74. The second-order valence-electron chi connectivity index (χ2n) is 7.55. The summed E-state index contributed by atoms with van der Waals surface area (Å²) in [4.78, 5) is 41.3. The number of carboxylic acid groups (broad SMARTS) is 1. The van der Waals surface area contributed by atoms with Crippen molar-refractivity contribution in [2.45, 2.75) is 51.1 Å². The molecule has 0 saturated carbocycles. The Morgan fingerprint density at radius 3 is 2.82 bits per heavy atom. The molecule has 1 aromatic carbocycles. The molecule has 1 aliphatic rings. The molecule has 1 amide bonds. The molecule has 0 radical (unpaired) electrons. The molecular weight excluding hydrogens is 362 g/mol. The highest BCUT2D eigenvalue weighted by Crippen LogP contribution is 2.18. The fourth-order valence-electron chi connectivity index (χ4n) is 3.69. The summed E-state index contributed by atoms with van der Waals surface area (Å²) in [5.74, 6) is -0.710. The number of aryl methyl sites for hydroxylation is 1. The lowest BCUT2D eigenvalue weighted by molar-refractivity contribution is -0.139. The van der Waals surface area contributed by atoms with E-state index in [2.05, 4.69) is 10.3 Å². The highest BCUT2D eigenvalue weighted by Gasteiger charge is 2.30. The van der Waals surface area contributed by atoms with Crippen molar-refractivity contribution in [2.75, 3.05) is 13.7 Å². The molecule has 8 nitrogen and oxygen atoms in total. The maximum absolute atomic E-state index is 12.8. The molecule has 150 valence electrons. The number of rotatable bonds is 6. The van der Waals surface area contributed by atoms with Crippen molar-refractivity contribution in [3.63, 3.8) is 0 Å². The number of hydrogen-bond donors (Lipinski definition) is 2. The van der Waals surface area contributed by atoms with Crippen LogP contribution in [-0.2, 0) is 22.5 Å². The minimum Gasteiger partial charge on any atom is -0.481 e. The van der Waals surface area contributed by atoms with E-state index in [4.69, 9.17) is 9.84 Å². The standard InChI is InChI=1S/C20H25N3O5/c1-20(12-28-2,11-17(24)25)22-18(26)13-7-8-14-15(10-13)21-16-6-4-3-5-9-23(16)19(14)27/h7-8,10H,3-6,9,11-12H2,1-2H3,(H,22,26)(H,24,25). The van der Waals surface area contributed by atoms with Crippen LogP contribution < -0.4 is 10.9 Å². The van der Waals surface area contributed by atoms with Crippen LogP contribution in [0.15, 0.2) is 23.0 Å². The molecule has 1 unspecified atom stereocenters. The molecule has 3 rings (SSSR count). The van der Waals surface area contributed by atoms with Crippen LogP contribution in [0.4, 0.5) is 0 Å². The Kier molecular flexibility index (Phi) is 5.79. The number of amides is 1. The van der Waals surface area contributed by atoms with Crippen LogP contribution in [0.3, 0.4) is 0 Å². The van der Waals surface area contributed by atoms with Crippen LogP contribution in [0.2, 0.25) is 0 Å². The summed E-state index contributed by atoms with van der Waals surface area (Å²) in [5.41, 5.74) is -0.319. The number of fused-ring (bicyclic) bond motifs is 2. The summed E-state index contributed by atoms with van der Waals surface area (Å²) in [7, 11) is 1.45. The van der Waals surface area contributed by atoms with Gasteiger partial charge in [0.05, 0.1) is 29.5 Å². The first kappa shape index (κ1) is 20.0. The van der Waals surface area contributed by atoms with Gasteiger partial charge in [-0.25, -0.2) is 4.98 Å². The summed E-state index contributed by atoms with van der Waals surface area (Å²) in [5, 5.41) is 12.3. The van der Waals surface area contributed by atoms with Gasteiger partial charge in [-0.3, -0.25) is 19.0 Å². The number of carboxylic acids is 1. The largest absolute Gasteiger partial charge is 0.481 e. The SMILES string of the molecule is COCC(C)(CC(=O)O)NC(=O)c1ccc2c(=O)n3c(nc2c1)CCCCC3. The lowest BCUT2D eigenvalue weighted by Crippen LogP contribution is -2.50. The number of hydrogen-bond acceptors (Lipinski definition) is 5. The molecule has 8 heteroatoms. The number of benzene rings is 1. The number of aromatic nitrogens is 2. The highest BCUT2D eigenvalue weighted by molar-refractivity contribution is 5.98. The van der Waals surface area contributed by atoms with Crippen LogP contribution in [0, 0.1) is 0 Å². The van der Waals surface area contributed by atoms with Gasteiger partial charge in [0.2, 0.25) is 0 Å². The number of carbonyl (C=O) groups excluding carboxylic acids is 1. The predicted octanol–water partition coefficient (Wildman–Crippen LogP) is 1.73. The van der Waals surface area contributed by atoms with Gasteiger partial charge in [0.15, 0.2) is 0 Å². The maximum Gasteiger partial charge on any atom is 0.305 e. The molecule has 0 spiro atoms. The Labute approximate surface area is 162 Å². The number of nitrogens with zero attached hydrogens (tertiary/aromatic N) is 2. The monoisotopic (exact) mass is 387 g/mol. The number of aliphatic carboxylic acids is 1. The van der Waals surface area contributed by atoms with Gasteiger partial charge >= 0.3 is 5.97 Å². The van der Waals surface area contributed by atoms with Crippen molar-refractivity contribution in [1.29, 1.82) is 0 Å². The molecule has 0 aliphatic carbocycles. The second kappa shape index (κ2) is 8.10. The fourth-order valence-corrected chi connectivity index (χ4v) is 3.69. The molecule has 2 aromatic rings. The lowest BCUT2D eigenvalue weighted by atomic mass is 9.98. The smallest absolute Gasteiger partial charge is 0.305 e. The minimum atomic E-state index is -1.05. The average molecular weight is 387 g/mol. The molecule has 0 bridgehead atoms. The summed E-state index contributed by atoms with van der Waals surface area (Å²) < 4.78 is 6.80. The van der Waals surface area contributed by atoms with E-state index in [0.29, 0.717) is 23.0 Å². The van der Waals surface area contributed by atoms with E-state index in [1.54, 1.807) is 29.7 Å². The molecular formula is C20H25N3O5. The van der Waals surface area contributed by atoms with Crippen molar-refractivity contribution >= 4 is 22.8 Å². The summed E-state index contributed by atoms with van der Waals surface area (Å²) >= 11 is 0. The van der Waals surface area contributed by atoms with E-state index in [0.717, 1.165) is 31.5 Å². The van der Waals surface area contributed by atoms with Gasteiger partial charge in [-0.15, -0.1) is 0 Å². The van der Waals surface area contributed by atoms with Gasteiger partial charge in [-0.1, -0.05) is 6.42 Å². The van der Waals surface area contributed by atoms with Gasteiger partial charge in [0, 0.05) is 25.6 Å². The van der Waals surface area contributed by atoms with Gasteiger partial charge in [0.25, 0.3) is 11.5 Å². The zero-order chi connectivity index (χ0) is 20.3. The second-order valence-corrected chi connectivity index (χ2v) is 7.55. The lowest BCUT2D eigenvalue weighted by Gasteiger charge is -2.28. The van der Waals surface area contributed by atoms with Crippen LogP contribution in [-0.4, -0.2) is 45.8 Å². The third kappa shape index (κ3) is 4.22. The number of ether oxygens (including phenoxy) is 1. The summed E-state index contributed by atoms with van der Waals surface area (Å²) in [6, 6.07) is 4.77. The van der Waals surface area contributed by atoms with Gasteiger partial charge < -0.3 is 15.2 Å². The summed E-state index contributed by atoms with van der Waals surface area (Å²) in [6.07, 6.45) is 3.48. The molecule has 1 aliphatic heterocycles. The van der Waals surface area contributed by atoms with E-state index in [-0.39, 0.29) is 18.6 Å². The minimum absolute atomic E-state index is 0.0612. The molecule has 2 heterocycles. The zero-order valence-electron chi connectivity index (χ0n) is 16.2. The van der Waals surface area contributed by atoms with Crippen molar-refractivity contribution < 1.29 is 19.4 Å². The first-order valence-electron chi connectivity index (χ1n) is 9.40. The average Bonchev–Trinajstić information content (AvgIpc) is 2.86. The highest BCUT2D eigenvalue weighted by atomic mass is 16.5. The van der Waals surface area contributed by atoms with E-state index in [1.807, 2.05) is 0 Å². The quantitative estimate of drug-likeness (QED) is 0.781. The molecule has 0 saturated heterocycles. The molecule has 28 heavy (non-hydrogen) atoms. The normalized spacial score (nSPS) is 16.1. The van der Waals surface area contributed by atoms with E-state index < -0.39 is 17.4 Å². The molecule has 0 fully saturated rings. The molecule has 1 atom stereocenters. The number of carbonyl (C=O) groups is 2. The molecule has 2 N–H and O–H groups in total. The van der Waals surface area contributed by atoms with Crippen LogP contribution in [0.1, 0.15) is 48.8 Å². The Morgan fingerprint density at radius 1 is 1.32 bits per heavy atom. The Morgan fingerprint density at radius 2 is 2.11 bits per heavy atom. The number of methoxy groups -OCH3 is 1. The van der Waals surface area contributed by atoms with Crippen molar-refractivity contribution in [2.24, 2.45) is 0 Å². The maximum atomic E-state index is 12.8. The third-order valence-electron chi connectivity index (χ3n) is 5.00. The van der Waals surface area contributed by atoms with Gasteiger partial charge in [-0.2, -0.15) is 0 Å². The third-order valence-corrected chi connectivity index (χ3v) is 5.00. The van der Waals surface area contributed by atoms with Crippen LogP contribution in [0.25, 0.3) is 10.9 Å². The van der Waals surface area contributed by atoms with Gasteiger partial charge in [-0.05, 0) is 38.0 Å². The van der Waals surface area contributed by atoms with Crippen molar-refractivity contribution in [1.82, 2.24) is 14.9 Å². The van der Waals surface area contributed by atoms with E-state index in [1.165, 1.54) is 7.11 Å². The predicted molar refractivity (Wildman–Crippen MR) is 104 cm³/mol. The first-order chi connectivity index (χ1) is 13.3.